The van der Waals surface area contributed by atoms with E-state index in [-0.39, 0.29) is 74.1 Å². The summed E-state index contributed by atoms with van der Waals surface area (Å²) in [5.74, 6) is -4.64. The van der Waals surface area contributed by atoms with E-state index in [0.717, 1.165) is 29.4 Å². The minimum Gasteiger partial charge on any atom is -0.475 e. The number of ether oxygens (including phenoxy) is 6. The number of nitrogens with one attached hydrogen (secondary N) is 2. The number of esters is 1. The van der Waals surface area contributed by atoms with Gasteiger partial charge in [0.15, 0.2) is 0 Å². The Balaban J connectivity index is 0.00000270. The van der Waals surface area contributed by atoms with E-state index in [0.29, 0.717) is 64.8 Å². The maximum absolute atomic E-state index is 15.3. The molecule has 5 N–H and O–H groups in total. The molecule has 3 rings (SSSR count). The molecule has 434 valence electrons. The van der Waals surface area contributed by atoms with Gasteiger partial charge in [0.2, 0.25) is 11.8 Å². The van der Waals surface area contributed by atoms with Crippen molar-refractivity contribution >= 4 is 49.7 Å². The highest BCUT2D eigenvalue weighted by Crippen LogP contribution is 2.41. The van der Waals surface area contributed by atoms with Crippen molar-refractivity contribution in [1.82, 2.24) is 20.1 Å². The quantitative estimate of drug-likeness (QED) is 0.0200. The van der Waals surface area contributed by atoms with Crippen LogP contribution < -0.4 is 16.4 Å². The van der Waals surface area contributed by atoms with Crippen LogP contribution in [-0.2, 0) is 54.1 Å². The lowest BCUT2D eigenvalue weighted by atomic mass is 9.83. The van der Waals surface area contributed by atoms with Gasteiger partial charge in [0.05, 0.1) is 83.7 Å². The number of aliphatic carboxylic acids is 1. The summed E-state index contributed by atoms with van der Waals surface area (Å²) in [6.07, 6.45) is -3.22. The van der Waals surface area contributed by atoms with E-state index < -0.39 is 61.0 Å². The highest BCUT2D eigenvalue weighted by atomic mass is 32.2. The first-order valence-electron chi connectivity index (χ1n) is 25.3. The minimum absolute atomic E-state index is 0.00226. The summed E-state index contributed by atoms with van der Waals surface area (Å²) < 4.78 is 96.2. The monoisotopic (exact) mass is 1130 g/mol. The number of halogens is 5. The van der Waals surface area contributed by atoms with Crippen LogP contribution in [0, 0.1) is 17.0 Å². The van der Waals surface area contributed by atoms with Crippen molar-refractivity contribution in [3.8, 4) is 11.1 Å². The number of carbonyl (C=O) groups excluding carboxylic acids is 4. The van der Waals surface area contributed by atoms with E-state index in [2.05, 4.69) is 30.3 Å². The molecule has 0 aliphatic heterocycles. The zero-order chi connectivity index (χ0) is 57.8. The first-order valence-corrected chi connectivity index (χ1v) is 30.2. The fourth-order valence-electron chi connectivity index (χ4n) is 7.07. The molecule has 2 atom stereocenters. The van der Waals surface area contributed by atoms with Crippen molar-refractivity contribution < 1.29 is 79.5 Å². The molecule has 1 heterocycles. The van der Waals surface area contributed by atoms with E-state index >= 15 is 4.39 Å². The van der Waals surface area contributed by atoms with Crippen LogP contribution in [0.25, 0.3) is 11.1 Å². The number of amides is 3. The maximum Gasteiger partial charge on any atom is 0.490 e. The molecule has 1 aromatic heterocycles. The molecule has 24 heteroatoms. The van der Waals surface area contributed by atoms with Crippen LogP contribution in [0.15, 0.2) is 60.8 Å². The van der Waals surface area contributed by atoms with Crippen molar-refractivity contribution in [2.75, 3.05) is 90.6 Å². The van der Waals surface area contributed by atoms with Gasteiger partial charge in [-0.3, -0.25) is 14.4 Å². The molecule has 17 nitrogen and oxygen atoms in total. The van der Waals surface area contributed by atoms with Crippen LogP contribution in [0.2, 0.25) is 25.7 Å². The van der Waals surface area contributed by atoms with E-state index in [1.807, 2.05) is 82.5 Å². The minimum atomic E-state index is -5.08. The predicted molar refractivity (Wildman–Crippen MR) is 287 cm³/mol. The number of nitrogens with two attached hydrogens (primary N) is 1. The van der Waals surface area contributed by atoms with Gasteiger partial charge in [0, 0.05) is 63.0 Å². The second-order valence-electron chi connectivity index (χ2n) is 21.0. The van der Waals surface area contributed by atoms with Gasteiger partial charge in [0.1, 0.15) is 17.2 Å². The molecule has 0 spiro atoms. The first kappa shape index (κ1) is 68.0. The van der Waals surface area contributed by atoms with Gasteiger partial charge < -0.3 is 59.4 Å². The molecule has 77 heavy (non-hydrogen) atoms. The van der Waals surface area contributed by atoms with Gasteiger partial charge in [0.25, 0.3) is 0 Å². The van der Waals surface area contributed by atoms with Crippen LogP contribution in [0.4, 0.5) is 26.7 Å². The summed E-state index contributed by atoms with van der Waals surface area (Å²) in [7, 11) is -1.40. The fraction of sp³-hybridized carbons (Fsp3) is 0.604. The molecule has 0 aliphatic rings. The zero-order valence-electron chi connectivity index (χ0n) is 45.9. The highest BCUT2D eigenvalue weighted by Gasteiger charge is 2.39. The smallest absolute Gasteiger partial charge is 0.475 e. The number of nitrogens with zero attached hydrogens (tertiary/aromatic N) is 2. The lowest BCUT2D eigenvalue weighted by Crippen LogP contribution is -2.45. The van der Waals surface area contributed by atoms with Gasteiger partial charge in [-0.2, -0.15) is 13.2 Å². The van der Waals surface area contributed by atoms with E-state index in [4.69, 9.17) is 44.1 Å². The zero-order valence-corrected chi connectivity index (χ0v) is 47.7. The first-order chi connectivity index (χ1) is 36.0. The Bertz CT molecular complexity index is 2260. The number of benzene rings is 2. The molecule has 0 fully saturated rings. The Kier molecular flexibility index (Phi) is 30.0. The summed E-state index contributed by atoms with van der Waals surface area (Å²) in [6, 6.07) is 14.3. The number of carbonyl (C=O) groups is 5. The molecule has 0 unspecified atom stereocenters. The Hall–Kier alpha value is -5.11. The second kappa shape index (κ2) is 34.0. The molecule has 3 amide bonds. The number of hydrogen-bond donors (Lipinski definition) is 4. The number of carboxylic acids is 1. The molecule has 2 aromatic carbocycles. The van der Waals surface area contributed by atoms with Gasteiger partial charge in [-0.05, 0) is 68.5 Å². The summed E-state index contributed by atoms with van der Waals surface area (Å²) in [5, 5.41) is 12.7. The van der Waals surface area contributed by atoms with Crippen LogP contribution in [0.1, 0.15) is 71.7 Å². The number of aromatic nitrogens is 1. The number of alkyl carbamates (subject to hydrolysis) is 1. The van der Waals surface area contributed by atoms with Crippen molar-refractivity contribution in [2.45, 2.75) is 110 Å². The number of alkyl halides is 3. The van der Waals surface area contributed by atoms with E-state index in [1.165, 1.54) is 17.8 Å². The molecule has 0 bridgehead atoms. The molecular weight excluding hydrogens is 1050 g/mol. The molecule has 0 saturated carbocycles. The molecule has 0 saturated heterocycles. The van der Waals surface area contributed by atoms with Crippen LogP contribution in [-0.4, -0.2) is 161 Å². The van der Waals surface area contributed by atoms with Crippen LogP contribution in [0.3, 0.4) is 0 Å². The van der Waals surface area contributed by atoms with Crippen molar-refractivity contribution in [3.63, 3.8) is 0 Å². The lowest BCUT2D eigenvalue weighted by molar-refractivity contribution is -0.192. The number of thioether (sulfide) groups is 1. The summed E-state index contributed by atoms with van der Waals surface area (Å²) in [5.41, 5.74) is 7.45. The Labute approximate surface area is 454 Å². The highest BCUT2D eigenvalue weighted by molar-refractivity contribution is 8.00. The van der Waals surface area contributed by atoms with Crippen molar-refractivity contribution in [3.05, 3.63) is 83.7 Å². The number of rotatable bonds is 32. The summed E-state index contributed by atoms with van der Waals surface area (Å²) in [6.45, 7) is 22.2. The summed E-state index contributed by atoms with van der Waals surface area (Å²) in [4.78, 5) is 62.4. The van der Waals surface area contributed by atoms with Gasteiger partial charge in [-0.25, -0.2) is 18.4 Å². The third-order valence-corrected chi connectivity index (χ3v) is 13.4. The normalized spacial score (nSPS) is 12.7. The van der Waals surface area contributed by atoms with Gasteiger partial charge in [-0.15, -0.1) is 11.8 Å². The van der Waals surface area contributed by atoms with E-state index in [1.54, 1.807) is 11.1 Å². The fourth-order valence-corrected chi connectivity index (χ4v) is 8.65. The van der Waals surface area contributed by atoms with Crippen molar-refractivity contribution in [2.24, 2.45) is 11.1 Å². The molecule has 0 radical (unpaired) electrons. The average molecular weight is 1130 g/mol. The molecule has 0 aliphatic carbocycles. The Morgan fingerprint density at radius 3 is 1.94 bits per heavy atom. The average Bonchev–Trinajstić information content (AvgIpc) is 3.72. The van der Waals surface area contributed by atoms with E-state index in [9.17, 15) is 36.7 Å². The number of carboxylic acid groups (broad SMARTS) is 1. The standard InChI is InChI=1S/C51H79F2N5O10SSi.C2HF3O2/c1-50(2,3)47(44-32-39(41-33-40(52)16-17-42(41)53)35-57(44)34-38-14-11-10-12-15-38)58(21-13-19-56-49(62)67-30-31-70(7,8)9)45(59)37-69-36-43(54)48(61)55-20-23-64-25-27-66-29-28-65-26-24-63-22-18-46(60)68-51(4,5)6;3-2(4,5)1(6)7/h10-12,14-17,32-33,35,43,47H,13,18-31,34,36-37,54H2,1-9H3,(H,55,61)(H,56,62);(H,6,7)/t43-,47-;/m0./s1. The van der Waals surface area contributed by atoms with Crippen LogP contribution >= 0.6 is 11.8 Å². The second-order valence-corrected chi connectivity index (χ2v) is 27.6. The predicted octanol–water partition coefficient (Wildman–Crippen LogP) is 8.46. The Morgan fingerprint density at radius 2 is 1.38 bits per heavy atom. The van der Waals surface area contributed by atoms with Crippen LogP contribution in [0.5, 0.6) is 0 Å². The van der Waals surface area contributed by atoms with Gasteiger partial charge in [-0.1, -0.05) is 70.7 Å². The maximum atomic E-state index is 15.3. The number of hydrogen-bond acceptors (Lipinski definition) is 13. The SMILES string of the molecule is CC(C)(C)OC(=O)CCOCCOCCOCCOCCNC(=O)[C@@H](N)CSCC(=O)N(CCCNC(=O)OCC[Si](C)(C)C)[C@@H](c1cc(-c2cc(F)ccc2F)cn1Cc1ccccc1)C(C)(C)C.O=C(O)C(F)(F)F. The Morgan fingerprint density at radius 1 is 0.792 bits per heavy atom. The third kappa shape index (κ3) is 29.4. The molecular formula is C53H80F5N5O12SSi. The largest absolute Gasteiger partial charge is 0.490 e. The summed E-state index contributed by atoms with van der Waals surface area (Å²) >= 11 is 1.24. The third-order valence-electron chi connectivity index (χ3n) is 10.7. The topological polar surface area (TPSA) is 219 Å². The van der Waals surface area contributed by atoms with Gasteiger partial charge >= 0.3 is 24.2 Å². The lowest BCUT2D eigenvalue weighted by Gasteiger charge is -2.41. The molecule has 3 aromatic rings. The van der Waals surface area contributed by atoms with Crippen molar-refractivity contribution in [1.29, 1.82) is 0 Å².